The van der Waals surface area contributed by atoms with Crippen LogP contribution in [0, 0.1) is 5.92 Å². The molecule has 592 valence electrons. The second-order valence-corrected chi connectivity index (χ2v) is 25.3. The predicted molar refractivity (Wildman–Crippen MR) is 386 cm³/mol. The first-order chi connectivity index (χ1) is 50.2. The van der Waals surface area contributed by atoms with Crippen molar-refractivity contribution in [1.29, 1.82) is 0 Å². The summed E-state index contributed by atoms with van der Waals surface area (Å²) in [6, 6.07) is -6.74. The molecule has 0 aliphatic heterocycles. The number of phenols is 2. The highest BCUT2D eigenvalue weighted by Crippen LogP contribution is 2.15. The quantitative estimate of drug-likeness (QED) is 0.0127. The van der Waals surface area contributed by atoms with Gasteiger partial charge in [-0.3, -0.25) is 86.7 Å². The Balaban J connectivity index is 2.16. The van der Waals surface area contributed by atoms with E-state index in [1.54, 1.807) is 0 Å². The molecule has 0 aliphatic rings. The molecule has 0 fully saturated rings. The number of aliphatic carboxylic acids is 1. The summed E-state index contributed by atoms with van der Waals surface area (Å²) in [6.45, 7) is 4.67. The van der Waals surface area contributed by atoms with Gasteiger partial charge in [0.15, 0.2) is 11.9 Å². The molecule has 42 nitrogen and oxygen atoms in total. The molecule has 0 aliphatic carbocycles. The SMILES string of the molecule is CC(C)C[C@H](N)C(=O)N[C@@H](Cc1ccc(O)cc1)C(=O)N[C@@H](CCCN=C(N)N)C(=O)N[C@@H](C)C(=O)NCC(=O)N[C@@H](C)C(=O)NCC(=O)N[C@@H](CC(N)=O)C(=O)N[C@@H](CS)C(=O)N[C@@H](CCCN=C(N)N)C(=O)N[C@@H](C)C(=O)N[C@@H](CCC(=O)O)C(=O)N[C@@H](Cc1ccc(O)cc1)C(=O)N[C@@H](CO)C(N)=O. The van der Waals surface area contributed by atoms with Crippen LogP contribution < -0.4 is 109 Å². The third-order valence-electron chi connectivity index (χ3n) is 15.4. The van der Waals surface area contributed by atoms with Crippen molar-refractivity contribution < 1.29 is 97.1 Å². The van der Waals surface area contributed by atoms with E-state index < -0.39 is 212 Å². The van der Waals surface area contributed by atoms with Gasteiger partial charge in [0.05, 0.1) is 32.2 Å². The number of benzene rings is 2. The molecular formula is C64H100N22O20S. The summed E-state index contributed by atoms with van der Waals surface area (Å²) in [5, 5.41) is 69.3. The van der Waals surface area contributed by atoms with E-state index in [-0.39, 0.29) is 87.4 Å². The maximum absolute atomic E-state index is 13.9. The van der Waals surface area contributed by atoms with Crippen molar-refractivity contribution in [3.63, 3.8) is 0 Å². The fourth-order valence-corrected chi connectivity index (χ4v) is 9.86. The van der Waals surface area contributed by atoms with Crippen LogP contribution in [-0.2, 0) is 89.6 Å². The molecule has 0 saturated carbocycles. The number of guanidine groups is 2. The molecule has 2 aromatic carbocycles. The number of nitrogens with one attached hydrogen (secondary N) is 13. The van der Waals surface area contributed by atoms with Crippen LogP contribution in [0.25, 0.3) is 0 Å². The van der Waals surface area contributed by atoms with Gasteiger partial charge in [-0.1, -0.05) is 38.1 Å². The highest BCUT2D eigenvalue weighted by molar-refractivity contribution is 7.80. The maximum atomic E-state index is 13.9. The number of hydrogen-bond acceptors (Lipinski definition) is 23. The Bertz CT molecular complexity index is 3490. The standard InChI is InChI=1S/C64H100N22O20S/c1-30(2)22-38(65)55(99)83-42(23-34-10-14-36(88)15-11-34)59(103)81-39(8-6-20-72-63(68)69)56(100)77-32(4)53(97)74-26-48(91)76-31(3)52(96)75-27-49(92)79-44(25-47(66)90)61(105)86-46(29-107)62(106)82-40(9-7-21-73-64(70)71)57(101)78-33(5)54(98)80-41(18-19-50(93)94)58(102)84-43(24-35-12-16-37(89)17-13-35)60(104)85-45(28-87)51(67)95/h10-17,30-33,38-46,87-89,107H,6-9,18-29,65H2,1-5H3,(H2,66,90)(H2,67,95)(H,74,97)(H,75,96)(H,76,91)(H,77,100)(H,78,101)(H,79,92)(H,80,98)(H,81,103)(H,82,106)(H,83,99)(H,84,102)(H,85,104)(H,86,105)(H,93,94)(H4,68,69,72)(H4,70,71,73)/t31-,32-,33-,38-,39-,40-,41-,42-,43-,44-,45-,46-/m0/s1. The number of primary amides is 2. The lowest BCUT2D eigenvalue weighted by atomic mass is 10.0. The van der Waals surface area contributed by atoms with Crippen molar-refractivity contribution >= 4 is 119 Å². The molecule has 0 saturated heterocycles. The number of carboxylic acid groups (broad SMARTS) is 1. The Morgan fingerprint density at radius 2 is 0.785 bits per heavy atom. The molecular weight excluding hydrogens is 1430 g/mol. The Morgan fingerprint density at radius 3 is 1.20 bits per heavy atom. The van der Waals surface area contributed by atoms with Crippen molar-refractivity contribution in [2.24, 2.45) is 56.0 Å². The largest absolute Gasteiger partial charge is 0.508 e. The molecule has 15 amide bonds. The lowest BCUT2D eigenvalue weighted by Gasteiger charge is -2.26. The first-order valence-electron chi connectivity index (χ1n) is 33.5. The van der Waals surface area contributed by atoms with Gasteiger partial charge < -0.3 is 130 Å². The number of carbonyl (C=O) groups is 16. The number of carboxylic acids is 1. The topological polar surface area (TPSA) is 717 Å². The number of aliphatic hydroxyl groups excluding tert-OH is 1. The minimum Gasteiger partial charge on any atom is -0.508 e. The van der Waals surface area contributed by atoms with Crippen molar-refractivity contribution in [3.8, 4) is 11.5 Å². The number of rotatable bonds is 48. The molecule has 0 aromatic heterocycles. The number of aromatic hydroxyl groups is 2. The van der Waals surface area contributed by atoms with Crippen LogP contribution in [0.3, 0.4) is 0 Å². The zero-order valence-corrected chi connectivity index (χ0v) is 60.5. The number of carbonyl (C=O) groups excluding carboxylic acids is 15. The lowest BCUT2D eigenvalue weighted by Crippen LogP contribution is -2.60. The minimum atomic E-state index is -1.82. The van der Waals surface area contributed by atoms with Crippen LogP contribution in [0.4, 0.5) is 0 Å². The van der Waals surface area contributed by atoms with E-state index in [4.69, 9.17) is 40.1 Å². The third-order valence-corrected chi connectivity index (χ3v) is 15.7. The van der Waals surface area contributed by atoms with E-state index in [0.717, 1.165) is 6.92 Å². The summed E-state index contributed by atoms with van der Waals surface area (Å²) < 4.78 is 0. The van der Waals surface area contributed by atoms with Crippen LogP contribution in [0.15, 0.2) is 58.5 Å². The van der Waals surface area contributed by atoms with Gasteiger partial charge in [-0.25, -0.2) is 0 Å². The predicted octanol–water partition coefficient (Wildman–Crippen LogP) is -9.86. The van der Waals surface area contributed by atoms with Gasteiger partial charge in [0, 0.05) is 38.1 Å². The summed E-state index contributed by atoms with van der Waals surface area (Å²) >= 11 is 4.14. The third kappa shape index (κ3) is 36.1. The average molecular weight is 1530 g/mol. The monoisotopic (exact) mass is 1530 g/mol. The van der Waals surface area contributed by atoms with Crippen LogP contribution in [0.2, 0.25) is 0 Å². The summed E-state index contributed by atoms with van der Waals surface area (Å²) in [6.07, 6.45) is -2.49. The van der Waals surface area contributed by atoms with Crippen molar-refractivity contribution in [2.75, 3.05) is 38.5 Å². The summed E-state index contributed by atoms with van der Waals surface area (Å²) in [7, 11) is 0. The van der Waals surface area contributed by atoms with Crippen molar-refractivity contribution in [3.05, 3.63) is 59.7 Å². The Labute approximate surface area is 620 Å². The minimum absolute atomic E-state index is 0.00865. The molecule has 2 rings (SSSR count). The molecule has 43 heteroatoms. The second-order valence-electron chi connectivity index (χ2n) is 25.0. The van der Waals surface area contributed by atoms with Crippen LogP contribution >= 0.6 is 12.6 Å². The van der Waals surface area contributed by atoms with E-state index in [1.165, 1.54) is 62.4 Å². The molecule has 0 unspecified atom stereocenters. The van der Waals surface area contributed by atoms with Gasteiger partial charge in [0.1, 0.15) is 78.0 Å². The van der Waals surface area contributed by atoms with Crippen LogP contribution in [-0.4, -0.2) is 238 Å². The van der Waals surface area contributed by atoms with Gasteiger partial charge in [0.2, 0.25) is 88.6 Å². The average Bonchev–Trinajstić information content (AvgIpc) is 0.862. The number of nitrogens with zero attached hydrogens (tertiary/aromatic N) is 2. The molecule has 107 heavy (non-hydrogen) atoms. The van der Waals surface area contributed by atoms with Crippen LogP contribution in [0.1, 0.15) is 97.1 Å². The van der Waals surface area contributed by atoms with Gasteiger partial charge in [-0.15, -0.1) is 0 Å². The molecule has 31 N–H and O–H groups in total. The fourth-order valence-electron chi connectivity index (χ4n) is 9.60. The Hall–Kier alpha value is -11.6. The lowest BCUT2D eigenvalue weighted by molar-refractivity contribution is -0.138. The van der Waals surface area contributed by atoms with E-state index in [1.807, 2.05) is 13.8 Å². The normalized spacial score (nSPS) is 14.2. The number of aliphatic hydroxyl groups is 1. The number of phenolic OH excluding ortho intramolecular Hbond substituents is 2. The number of nitrogens with two attached hydrogens (primary N) is 7. The zero-order valence-electron chi connectivity index (χ0n) is 59.6. The Morgan fingerprint density at radius 1 is 0.430 bits per heavy atom. The number of thiol groups is 1. The highest BCUT2D eigenvalue weighted by atomic mass is 32.1. The molecule has 2 aromatic rings. The number of amides is 15. The van der Waals surface area contributed by atoms with Gasteiger partial charge in [0.25, 0.3) is 0 Å². The molecule has 0 heterocycles. The number of aliphatic imine (C=N–C) groups is 2. The fraction of sp³-hybridized carbons (Fsp3) is 0.531. The highest BCUT2D eigenvalue weighted by Gasteiger charge is 2.35. The summed E-state index contributed by atoms with van der Waals surface area (Å²) in [5.74, 6) is -17.8. The Kier molecular flexibility index (Phi) is 40.1. The first-order valence-corrected chi connectivity index (χ1v) is 34.2. The number of hydrogen-bond donors (Lipinski definition) is 25. The van der Waals surface area contributed by atoms with Gasteiger partial charge >= 0.3 is 5.97 Å². The van der Waals surface area contributed by atoms with Crippen molar-refractivity contribution in [1.82, 2.24) is 69.1 Å². The molecule has 0 bridgehead atoms. The van der Waals surface area contributed by atoms with E-state index in [0.29, 0.717) is 11.1 Å². The second kappa shape index (κ2) is 47.0. The van der Waals surface area contributed by atoms with Crippen molar-refractivity contribution in [2.45, 2.75) is 171 Å². The van der Waals surface area contributed by atoms with Crippen LogP contribution in [0.5, 0.6) is 11.5 Å². The van der Waals surface area contributed by atoms with E-state index in [2.05, 4.69) is 91.7 Å². The van der Waals surface area contributed by atoms with E-state index in [9.17, 15) is 97.1 Å². The summed E-state index contributed by atoms with van der Waals surface area (Å²) in [4.78, 5) is 219. The molecule has 0 spiro atoms. The maximum Gasteiger partial charge on any atom is 0.303 e. The molecule has 0 radical (unpaired) electrons. The van der Waals surface area contributed by atoms with Gasteiger partial charge in [-0.05, 0) is 101 Å². The van der Waals surface area contributed by atoms with Gasteiger partial charge in [-0.2, -0.15) is 12.6 Å². The zero-order chi connectivity index (χ0) is 80.8. The first kappa shape index (κ1) is 91.5. The smallest absolute Gasteiger partial charge is 0.303 e. The summed E-state index contributed by atoms with van der Waals surface area (Å²) in [5.41, 5.74) is 39.4. The molecule has 12 atom stereocenters. The van der Waals surface area contributed by atoms with E-state index >= 15 is 0 Å².